The van der Waals surface area contributed by atoms with E-state index in [-0.39, 0.29) is 5.91 Å². The van der Waals surface area contributed by atoms with Crippen LogP contribution < -0.4 is 4.90 Å². The lowest BCUT2D eigenvalue weighted by atomic mass is 10.3. The molecule has 0 N–H and O–H groups in total. The lowest BCUT2D eigenvalue weighted by Gasteiger charge is -2.23. The summed E-state index contributed by atoms with van der Waals surface area (Å²) in [5.41, 5.74) is 1.16. The number of likely N-dealkylation sites (tertiary alicyclic amines) is 1. The highest BCUT2D eigenvalue weighted by atomic mass is 16.2. The van der Waals surface area contributed by atoms with Crippen LogP contribution in [-0.4, -0.2) is 42.0 Å². The molecule has 1 amide bonds. The molecule has 0 radical (unpaired) electrons. The maximum Gasteiger partial charge on any atom is 0.242 e. The fraction of sp³-hybridized carbons (Fsp3) is 0.400. The van der Waals surface area contributed by atoms with Gasteiger partial charge in [-0.25, -0.2) is 0 Å². The van der Waals surface area contributed by atoms with E-state index in [0.717, 1.165) is 38.3 Å². The molecule has 100 valence electrons. The van der Waals surface area contributed by atoms with Crippen LogP contribution in [0.4, 0.5) is 5.69 Å². The number of carbonyl (C=O) groups is 1. The van der Waals surface area contributed by atoms with Gasteiger partial charge in [0.15, 0.2) is 0 Å². The van der Waals surface area contributed by atoms with Crippen molar-refractivity contribution >= 4 is 11.6 Å². The molecule has 0 spiro atoms. The number of benzene rings is 1. The van der Waals surface area contributed by atoms with Crippen LogP contribution in [-0.2, 0) is 4.79 Å². The maximum absolute atomic E-state index is 12.1. The molecule has 2 aliphatic rings. The monoisotopic (exact) mass is 257 g/mol. The van der Waals surface area contributed by atoms with Crippen LogP contribution in [0.15, 0.2) is 42.7 Å². The van der Waals surface area contributed by atoms with Crippen LogP contribution in [0.3, 0.4) is 0 Å². The van der Waals surface area contributed by atoms with Gasteiger partial charge in [-0.3, -0.25) is 4.79 Å². The van der Waals surface area contributed by atoms with Crippen molar-refractivity contribution < 1.29 is 4.79 Å². The number of amides is 1. The zero-order valence-corrected chi connectivity index (χ0v) is 11.0. The summed E-state index contributed by atoms with van der Waals surface area (Å²) >= 11 is 0. The second-order valence-corrected chi connectivity index (χ2v) is 5.08. The van der Waals surface area contributed by atoms with Crippen molar-refractivity contribution in [3.8, 4) is 0 Å². The van der Waals surface area contributed by atoms with Crippen molar-refractivity contribution in [3.05, 3.63) is 42.7 Å². The fourth-order valence-corrected chi connectivity index (χ4v) is 2.59. The minimum atomic E-state index is 0.247. The Morgan fingerprint density at radius 3 is 2.53 bits per heavy atom. The van der Waals surface area contributed by atoms with E-state index >= 15 is 0 Å². The van der Waals surface area contributed by atoms with Gasteiger partial charge >= 0.3 is 0 Å². The Morgan fingerprint density at radius 1 is 1.05 bits per heavy atom. The smallest absolute Gasteiger partial charge is 0.242 e. The Hall–Kier alpha value is -1.97. The van der Waals surface area contributed by atoms with E-state index in [9.17, 15) is 4.79 Å². The third-order valence-corrected chi connectivity index (χ3v) is 3.68. The summed E-state index contributed by atoms with van der Waals surface area (Å²) in [6.45, 7) is 3.10. The van der Waals surface area contributed by atoms with Gasteiger partial charge in [-0.15, -0.1) is 0 Å². The Balaban J connectivity index is 1.55. The SMILES string of the molecule is O=C(CN1C=CN(c2ccccc2)C1)N1CCCC1. The van der Waals surface area contributed by atoms with Gasteiger partial charge in [0.05, 0.1) is 13.2 Å². The third-order valence-electron chi connectivity index (χ3n) is 3.68. The highest BCUT2D eigenvalue weighted by molar-refractivity contribution is 5.78. The van der Waals surface area contributed by atoms with E-state index in [2.05, 4.69) is 21.9 Å². The first kappa shape index (κ1) is 12.1. The highest BCUT2D eigenvalue weighted by Gasteiger charge is 2.22. The molecule has 4 nitrogen and oxygen atoms in total. The molecule has 0 atom stereocenters. The predicted octanol–water partition coefficient (Wildman–Crippen LogP) is 1.86. The zero-order valence-electron chi connectivity index (χ0n) is 11.0. The molecule has 19 heavy (non-hydrogen) atoms. The van der Waals surface area contributed by atoms with Gasteiger partial charge in [-0.1, -0.05) is 18.2 Å². The van der Waals surface area contributed by atoms with Gasteiger partial charge in [-0.05, 0) is 25.0 Å². The van der Waals surface area contributed by atoms with Gasteiger partial charge in [0.25, 0.3) is 0 Å². The first-order valence-electron chi connectivity index (χ1n) is 6.85. The molecule has 2 heterocycles. The number of rotatable bonds is 3. The van der Waals surface area contributed by atoms with Gasteiger partial charge in [0, 0.05) is 31.2 Å². The largest absolute Gasteiger partial charge is 0.349 e. The van der Waals surface area contributed by atoms with Crippen LogP contribution in [0, 0.1) is 0 Å². The minimum absolute atomic E-state index is 0.247. The van der Waals surface area contributed by atoms with Crippen LogP contribution in [0.1, 0.15) is 12.8 Å². The summed E-state index contributed by atoms with van der Waals surface area (Å²) in [5, 5.41) is 0. The first-order chi connectivity index (χ1) is 9.33. The average Bonchev–Trinajstić information content (AvgIpc) is 3.11. The van der Waals surface area contributed by atoms with Gasteiger partial charge in [-0.2, -0.15) is 0 Å². The van der Waals surface area contributed by atoms with E-state index in [1.807, 2.05) is 35.5 Å². The first-order valence-corrected chi connectivity index (χ1v) is 6.85. The fourth-order valence-electron chi connectivity index (χ4n) is 2.59. The van der Waals surface area contributed by atoms with Crippen molar-refractivity contribution in [2.75, 3.05) is 31.2 Å². The van der Waals surface area contributed by atoms with Crippen LogP contribution in [0.5, 0.6) is 0 Å². The van der Waals surface area contributed by atoms with E-state index in [4.69, 9.17) is 0 Å². The van der Waals surface area contributed by atoms with Crippen molar-refractivity contribution in [2.24, 2.45) is 0 Å². The molecule has 3 rings (SSSR count). The number of hydrogen-bond acceptors (Lipinski definition) is 3. The Labute approximate surface area is 113 Å². The number of hydrogen-bond donors (Lipinski definition) is 0. The Kier molecular flexibility index (Phi) is 3.40. The van der Waals surface area contributed by atoms with Gasteiger partial charge in [0.2, 0.25) is 5.91 Å². The van der Waals surface area contributed by atoms with Crippen molar-refractivity contribution in [1.82, 2.24) is 9.80 Å². The van der Waals surface area contributed by atoms with E-state index in [1.165, 1.54) is 0 Å². The van der Waals surface area contributed by atoms with Crippen molar-refractivity contribution in [2.45, 2.75) is 12.8 Å². The molecule has 0 aliphatic carbocycles. The summed E-state index contributed by atoms with van der Waals surface area (Å²) in [7, 11) is 0. The molecule has 0 saturated carbocycles. The molecule has 2 aliphatic heterocycles. The number of para-hydroxylation sites is 1. The maximum atomic E-state index is 12.1. The lowest BCUT2D eigenvalue weighted by Crippen LogP contribution is -2.38. The molecule has 1 aromatic rings. The predicted molar refractivity (Wildman–Crippen MR) is 75.4 cm³/mol. The standard InChI is InChI=1S/C15H19N3O/c19-15(17-8-4-5-9-17)12-16-10-11-18(13-16)14-6-2-1-3-7-14/h1-3,6-7,10-11H,4-5,8-9,12-13H2. The molecular formula is C15H19N3O. The second-order valence-electron chi connectivity index (χ2n) is 5.08. The zero-order chi connectivity index (χ0) is 13.1. The van der Waals surface area contributed by atoms with E-state index in [1.54, 1.807) is 0 Å². The quantitative estimate of drug-likeness (QED) is 0.827. The van der Waals surface area contributed by atoms with Gasteiger partial charge < -0.3 is 14.7 Å². The molecular weight excluding hydrogens is 238 g/mol. The minimum Gasteiger partial charge on any atom is -0.349 e. The van der Waals surface area contributed by atoms with E-state index < -0.39 is 0 Å². The van der Waals surface area contributed by atoms with Crippen molar-refractivity contribution in [3.63, 3.8) is 0 Å². The molecule has 0 aromatic heterocycles. The van der Waals surface area contributed by atoms with Gasteiger partial charge in [0.1, 0.15) is 0 Å². The van der Waals surface area contributed by atoms with Crippen LogP contribution in [0.2, 0.25) is 0 Å². The van der Waals surface area contributed by atoms with E-state index in [0.29, 0.717) is 6.54 Å². The second kappa shape index (κ2) is 5.34. The molecule has 1 fully saturated rings. The van der Waals surface area contributed by atoms with Crippen LogP contribution >= 0.6 is 0 Å². The normalized spacial score (nSPS) is 18.4. The number of carbonyl (C=O) groups excluding carboxylic acids is 1. The topological polar surface area (TPSA) is 26.8 Å². The Morgan fingerprint density at radius 2 is 1.79 bits per heavy atom. The summed E-state index contributed by atoms with van der Waals surface area (Å²) in [5.74, 6) is 0.247. The number of anilines is 1. The molecule has 1 aromatic carbocycles. The lowest BCUT2D eigenvalue weighted by molar-refractivity contribution is -0.130. The summed E-state index contributed by atoms with van der Waals surface area (Å²) in [4.78, 5) is 18.3. The Bertz CT molecular complexity index is 466. The summed E-state index contributed by atoms with van der Waals surface area (Å²) in [6.07, 6.45) is 6.34. The molecule has 0 unspecified atom stereocenters. The summed E-state index contributed by atoms with van der Waals surface area (Å²) in [6, 6.07) is 10.2. The van der Waals surface area contributed by atoms with Crippen LogP contribution in [0.25, 0.3) is 0 Å². The third kappa shape index (κ3) is 2.72. The average molecular weight is 257 g/mol. The molecule has 1 saturated heterocycles. The highest BCUT2D eigenvalue weighted by Crippen LogP contribution is 2.18. The molecule has 0 bridgehead atoms. The molecule has 4 heteroatoms. The summed E-state index contributed by atoms with van der Waals surface area (Å²) < 4.78 is 0. The van der Waals surface area contributed by atoms with Crippen molar-refractivity contribution in [1.29, 1.82) is 0 Å². The number of nitrogens with zero attached hydrogens (tertiary/aromatic N) is 3.